The van der Waals surface area contributed by atoms with E-state index in [4.69, 9.17) is 0 Å². The number of hydrogen-bond donors (Lipinski definition) is 1. The first-order chi connectivity index (χ1) is 10.7. The molecule has 4 rings (SSSR count). The molecule has 1 amide bonds. The van der Waals surface area contributed by atoms with Crippen LogP contribution in [-0.4, -0.2) is 21.5 Å². The molecule has 4 unspecified atom stereocenters. The Labute approximate surface area is 130 Å². The molecule has 1 heterocycles. The Morgan fingerprint density at radius 1 is 1.36 bits per heavy atom. The molecule has 0 radical (unpaired) electrons. The van der Waals surface area contributed by atoms with Crippen LogP contribution in [0.3, 0.4) is 0 Å². The number of carbonyl (C=O) groups excluding carboxylic acids is 1. The SMILES string of the molecule is CC(NC(=O)Cn1cnc2ccccc21)C1CC2CCC1C2. The Kier molecular flexibility index (Phi) is 3.40. The third kappa shape index (κ3) is 2.40. The van der Waals surface area contributed by atoms with E-state index in [9.17, 15) is 4.79 Å². The average molecular weight is 297 g/mol. The molecule has 2 saturated carbocycles. The van der Waals surface area contributed by atoms with Gasteiger partial charge in [0.05, 0.1) is 17.4 Å². The molecule has 22 heavy (non-hydrogen) atoms. The van der Waals surface area contributed by atoms with Crippen molar-refractivity contribution in [2.24, 2.45) is 17.8 Å². The van der Waals surface area contributed by atoms with Crippen LogP contribution in [0.2, 0.25) is 0 Å². The van der Waals surface area contributed by atoms with Gasteiger partial charge in [0, 0.05) is 6.04 Å². The van der Waals surface area contributed by atoms with Crippen molar-refractivity contribution in [1.82, 2.24) is 14.9 Å². The number of benzene rings is 1. The van der Waals surface area contributed by atoms with Crippen LogP contribution in [-0.2, 0) is 11.3 Å². The van der Waals surface area contributed by atoms with Gasteiger partial charge < -0.3 is 9.88 Å². The second kappa shape index (κ2) is 5.41. The van der Waals surface area contributed by atoms with E-state index in [1.807, 2.05) is 28.8 Å². The zero-order valence-corrected chi connectivity index (χ0v) is 13.0. The average Bonchev–Trinajstić information content (AvgIpc) is 3.22. The molecule has 1 aromatic heterocycles. The van der Waals surface area contributed by atoms with Crippen molar-refractivity contribution in [3.05, 3.63) is 30.6 Å². The van der Waals surface area contributed by atoms with E-state index in [2.05, 4.69) is 17.2 Å². The summed E-state index contributed by atoms with van der Waals surface area (Å²) in [4.78, 5) is 16.7. The number of imidazole rings is 1. The molecule has 2 aliphatic rings. The number of hydrogen-bond acceptors (Lipinski definition) is 2. The Balaban J connectivity index is 1.40. The lowest BCUT2D eigenvalue weighted by molar-refractivity contribution is -0.122. The van der Waals surface area contributed by atoms with E-state index in [1.165, 1.54) is 25.7 Å². The normalized spacial score (nSPS) is 28.1. The summed E-state index contributed by atoms with van der Waals surface area (Å²) in [5.74, 6) is 2.54. The fourth-order valence-electron chi connectivity index (χ4n) is 4.60. The summed E-state index contributed by atoms with van der Waals surface area (Å²) in [5, 5.41) is 3.22. The first-order valence-corrected chi connectivity index (χ1v) is 8.40. The van der Waals surface area contributed by atoms with Crippen LogP contribution in [0.1, 0.15) is 32.6 Å². The fraction of sp³-hybridized carbons (Fsp3) is 0.556. The summed E-state index contributed by atoms with van der Waals surface area (Å²) in [7, 11) is 0. The Hall–Kier alpha value is -1.84. The monoisotopic (exact) mass is 297 g/mol. The zero-order chi connectivity index (χ0) is 15.1. The van der Waals surface area contributed by atoms with Gasteiger partial charge in [-0.15, -0.1) is 0 Å². The van der Waals surface area contributed by atoms with Crippen molar-refractivity contribution >= 4 is 16.9 Å². The molecule has 1 N–H and O–H groups in total. The largest absolute Gasteiger partial charge is 0.352 e. The Morgan fingerprint density at radius 3 is 3.00 bits per heavy atom. The van der Waals surface area contributed by atoms with Gasteiger partial charge >= 0.3 is 0 Å². The standard InChI is InChI=1S/C18H23N3O/c1-12(15-9-13-6-7-14(15)8-13)20-18(22)10-21-11-19-16-4-2-3-5-17(16)21/h2-5,11-15H,6-10H2,1H3,(H,20,22). The van der Waals surface area contributed by atoms with Gasteiger partial charge in [-0.05, 0) is 56.1 Å². The van der Waals surface area contributed by atoms with Gasteiger partial charge in [0.2, 0.25) is 5.91 Å². The number of para-hydroxylation sites is 2. The smallest absolute Gasteiger partial charge is 0.240 e. The van der Waals surface area contributed by atoms with Crippen LogP contribution < -0.4 is 5.32 Å². The van der Waals surface area contributed by atoms with Gasteiger partial charge in [-0.25, -0.2) is 4.98 Å². The molecule has 0 spiro atoms. The van der Waals surface area contributed by atoms with Gasteiger partial charge in [-0.2, -0.15) is 0 Å². The number of fused-ring (bicyclic) bond motifs is 3. The number of aromatic nitrogens is 2. The van der Waals surface area contributed by atoms with E-state index in [0.717, 1.165) is 22.9 Å². The maximum atomic E-state index is 12.4. The molecule has 4 atom stereocenters. The third-order valence-corrected chi connectivity index (χ3v) is 5.66. The van der Waals surface area contributed by atoms with Crippen LogP contribution in [0, 0.1) is 17.8 Å². The number of amides is 1. The highest BCUT2D eigenvalue weighted by atomic mass is 16.2. The lowest BCUT2D eigenvalue weighted by atomic mass is 9.84. The maximum Gasteiger partial charge on any atom is 0.240 e. The summed E-state index contributed by atoms with van der Waals surface area (Å²) in [6.07, 6.45) is 7.22. The van der Waals surface area contributed by atoms with Crippen molar-refractivity contribution in [2.45, 2.75) is 45.2 Å². The van der Waals surface area contributed by atoms with Crippen molar-refractivity contribution in [1.29, 1.82) is 0 Å². The predicted molar refractivity (Wildman–Crippen MR) is 86.3 cm³/mol. The highest BCUT2D eigenvalue weighted by Crippen LogP contribution is 2.49. The van der Waals surface area contributed by atoms with E-state index < -0.39 is 0 Å². The van der Waals surface area contributed by atoms with Gasteiger partial charge in [-0.1, -0.05) is 18.6 Å². The molecule has 116 valence electrons. The van der Waals surface area contributed by atoms with Gasteiger partial charge in [0.15, 0.2) is 0 Å². The highest BCUT2D eigenvalue weighted by molar-refractivity contribution is 5.80. The third-order valence-electron chi connectivity index (χ3n) is 5.66. The van der Waals surface area contributed by atoms with Gasteiger partial charge in [0.25, 0.3) is 0 Å². The lowest BCUT2D eigenvalue weighted by Crippen LogP contribution is -2.41. The first-order valence-electron chi connectivity index (χ1n) is 8.40. The second-order valence-electron chi connectivity index (χ2n) is 7.06. The van der Waals surface area contributed by atoms with Crippen LogP contribution in [0.4, 0.5) is 0 Å². The van der Waals surface area contributed by atoms with Gasteiger partial charge in [0.1, 0.15) is 6.54 Å². The van der Waals surface area contributed by atoms with Gasteiger partial charge in [-0.3, -0.25) is 4.79 Å². The minimum absolute atomic E-state index is 0.0958. The molecule has 4 nitrogen and oxygen atoms in total. The zero-order valence-electron chi connectivity index (χ0n) is 13.0. The van der Waals surface area contributed by atoms with Crippen molar-refractivity contribution in [2.75, 3.05) is 0 Å². The van der Waals surface area contributed by atoms with E-state index in [0.29, 0.717) is 12.5 Å². The van der Waals surface area contributed by atoms with Crippen molar-refractivity contribution < 1.29 is 4.79 Å². The summed E-state index contributed by atoms with van der Waals surface area (Å²) in [5.41, 5.74) is 1.96. The van der Waals surface area contributed by atoms with Crippen molar-refractivity contribution in [3.8, 4) is 0 Å². The highest BCUT2D eigenvalue weighted by Gasteiger charge is 2.42. The summed E-state index contributed by atoms with van der Waals surface area (Å²) >= 11 is 0. The van der Waals surface area contributed by atoms with Crippen LogP contribution >= 0.6 is 0 Å². The molecule has 0 saturated heterocycles. The number of nitrogens with one attached hydrogen (secondary N) is 1. The van der Waals surface area contributed by atoms with Crippen LogP contribution in [0.25, 0.3) is 11.0 Å². The summed E-state index contributed by atoms with van der Waals surface area (Å²) < 4.78 is 1.93. The lowest BCUT2D eigenvalue weighted by Gasteiger charge is -2.28. The molecule has 2 bridgehead atoms. The number of carbonyl (C=O) groups is 1. The molecule has 2 aliphatic carbocycles. The molecule has 2 fully saturated rings. The molecule has 0 aliphatic heterocycles. The van der Waals surface area contributed by atoms with E-state index in [-0.39, 0.29) is 11.9 Å². The van der Waals surface area contributed by atoms with Crippen LogP contribution in [0.5, 0.6) is 0 Å². The minimum atomic E-state index is 0.0958. The van der Waals surface area contributed by atoms with E-state index in [1.54, 1.807) is 6.33 Å². The molecular weight excluding hydrogens is 274 g/mol. The summed E-state index contributed by atoms with van der Waals surface area (Å²) in [6, 6.07) is 8.22. The maximum absolute atomic E-state index is 12.4. The number of rotatable bonds is 4. The Morgan fingerprint density at radius 2 is 2.23 bits per heavy atom. The quantitative estimate of drug-likeness (QED) is 0.943. The van der Waals surface area contributed by atoms with Crippen LogP contribution in [0.15, 0.2) is 30.6 Å². The molecule has 4 heteroatoms. The molecular formula is C18H23N3O. The topological polar surface area (TPSA) is 46.9 Å². The fourth-order valence-corrected chi connectivity index (χ4v) is 4.60. The first kappa shape index (κ1) is 13.8. The van der Waals surface area contributed by atoms with Crippen molar-refractivity contribution in [3.63, 3.8) is 0 Å². The number of nitrogens with zero attached hydrogens (tertiary/aromatic N) is 2. The molecule has 2 aromatic rings. The second-order valence-corrected chi connectivity index (χ2v) is 7.06. The Bertz CT molecular complexity index is 692. The molecule has 1 aromatic carbocycles. The van der Waals surface area contributed by atoms with E-state index >= 15 is 0 Å². The summed E-state index contributed by atoms with van der Waals surface area (Å²) in [6.45, 7) is 2.53. The minimum Gasteiger partial charge on any atom is -0.352 e. The predicted octanol–water partition coefficient (Wildman–Crippen LogP) is 2.98.